The highest BCUT2D eigenvalue weighted by atomic mass is 79.9. The second-order valence-corrected chi connectivity index (χ2v) is 7.47. The summed E-state index contributed by atoms with van der Waals surface area (Å²) in [5, 5.41) is 2.51. The van der Waals surface area contributed by atoms with E-state index < -0.39 is 46.1 Å². The van der Waals surface area contributed by atoms with Gasteiger partial charge in [0.25, 0.3) is 5.91 Å². The van der Waals surface area contributed by atoms with Crippen LogP contribution in [0, 0.1) is 6.92 Å². The number of halogens is 8. The molecule has 3 N–H and O–H groups in total. The van der Waals surface area contributed by atoms with E-state index in [1.54, 1.807) is 18.2 Å². The Morgan fingerprint density at radius 1 is 1.00 bits per heavy atom. The van der Waals surface area contributed by atoms with Gasteiger partial charge in [0.2, 0.25) is 0 Å². The van der Waals surface area contributed by atoms with Gasteiger partial charge in [-0.05, 0) is 42.2 Å². The fourth-order valence-electron chi connectivity index (χ4n) is 3.29. The Morgan fingerprint density at radius 3 is 1.94 bits per heavy atom. The van der Waals surface area contributed by atoms with Crippen molar-refractivity contribution in [3.8, 4) is 0 Å². The van der Waals surface area contributed by atoms with E-state index in [0.29, 0.717) is 0 Å². The molecule has 1 amide bonds. The summed E-state index contributed by atoms with van der Waals surface area (Å²) in [5.41, 5.74) is -2.67. The molecule has 0 fully saturated rings. The van der Waals surface area contributed by atoms with Gasteiger partial charge in [-0.25, -0.2) is 4.39 Å². The number of carbonyl (C=O) groups is 1. The zero-order chi connectivity index (χ0) is 23.8. The molecule has 0 aliphatic heterocycles. The average molecular weight is 515 g/mol. The topological polar surface area (TPSA) is 55.1 Å². The second kappa shape index (κ2) is 8.78. The van der Waals surface area contributed by atoms with E-state index in [0.717, 1.165) is 0 Å². The van der Waals surface area contributed by atoms with Gasteiger partial charge in [-0.15, -0.1) is 0 Å². The molecule has 11 heteroatoms. The minimum Gasteiger partial charge on any atom is -0.326 e. The third-order valence-corrected chi connectivity index (χ3v) is 5.75. The molecule has 2 aromatic rings. The quantitative estimate of drug-likeness (QED) is 0.458. The number of alkyl halides is 7. The molecule has 0 heterocycles. The highest BCUT2D eigenvalue weighted by Gasteiger charge is 2.74. The third kappa shape index (κ3) is 4.30. The van der Waals surface area contributed by atoms with Gasteiger partial charge in [0.05, 0.1) is 0 Å². The summed E-state index contributed by atoms with van der Waals surface area (Å²) in [6.07, 6.45) is -12.7. The minimum atomic E-state index is -6.30. The van der Waals surface area contributed by atoms with Gasteiger partial charge in [-0.1, -0.05) is 41.1 Å². The van der Waals surface area contributed by atoms with Crippen molar-refractivity contribution in [2.45, 2.75) is 44.8 Å². The molecule has 0 aromatic heterocycles. The normalized spacial score (nSPS) is 12.7. The van der Waals surface area contributed by atoms with Crippen molar-refractivity contribution in [2.24, 2.45) is 5.73 Å². The maximum atomic E-state index is 15.0. The summed E-state index contributed by atoms with van der Waals surface area (Å²) >= 11 is 2.74. The lowest BCUT2D eigenvalue weighted by atomic mass is 9.84. The number of nitrogens with one attached hydrogen (secondary N) is 1. The molecular weight excluding hydrogens is 497 g/mol. The molecule has 2 aromatic carbocycles. The first-order chi connectivity index (χ1) is 14.2. The first kappa shape index (κ1) is 25.1. The Bertz CT molecular complexity index is 958. The highest BCUT2D eigenvalue weighted by molar-refractivity contribution is 9.10. The van der Waals surface area contributed by atoms with Crippen molar-refractivity contribution in [3.05, 3.63) is 62.6 Å². The monoisotopic (exact) mass is 514 g/mol. The van der Waals surface area contributed by atoms with Gasteiger partial charge in [-0.2, -0.15) is 26.3 Å². The van der Waals surface area contributed by atoms with E-state index in [1.807, 2.05) is 0 Å². The fourth-order valence-corrected chi connectivity index (χ4v) is 4.28. The Hall–Kier alpha value is -2.14. The summed E-state index contributed by atoms with van der Waals surface area (Å²) in [5.74, 6) is -0.640. The zero-order valence-corrected chi connectivity index (χ0v) is 17.9. The van der Waals surface area contributed by atoms with Crippen LogP contribution in [-0.4, -0.2) is 18.3 Å². The van der Waals surface area contributed by atoms with Crippen LogP contribution in [0.1, 0.15) is 39.5 Å². The van der Waals surface area contributed by atoms with Crippen LogP contribution in [0.3, 0.4) is 0 Å². The predicted octanol–water partition coefficient (Wildman–Crippen LogP) is 6.32. The van der Waals surface area contributed by atoms with Crippen molar-refractivity contribution in [3.63, 3.8) is 0 Å². The molecule has 0 unspecified atom stereocenters. The van der Waals surface area contributed by atoms with Gasteiger partial charge in [0, 0.05) is 27.8 Å². The molecule has 0 atom stereocenters. The summed E-state index contributed by atoms with van der Waals surface area (Å²) in [6, 6.07) is 7.77. The van der Waals surface area contributed by atoms with Crippen LogP contribution in [0.4, 0.5) is 36.4 Å². The standard InChI is InChI=1S/C20H18BrF7N2O/c1-3-12-15(21)14(18(22,19(23,24)25)20(26,27)28)13(9-29)10(2)16(12)30-17(31)11-7-5-4-6-8-11/h4-8H,3,9,29H2,1-2H3,(H,30,31). The Balaban J connectivity index is 2.84. The van der Waals surface area contributed by atoms with Crippen LogP contribution in [0.25, 0.3) is 0 Å². The van der Waals surface area contributed by atoms with Gasteiger partial charge in [-0.3, -0.25) is 4.79 Å². The lowest BCUT2D eigenvalue weighted by Gasteiger charge is -2.34. The molecule has 0 bridgehead atoms. The first-order valence-corrected chi connectivity index (χ1v) is 9.74. The van der Waals surface area contributed by atoms with Crippen LogP contribution >= 0.6 is 15.9 Å². The summed E-state index contributed by atoms with van der Waals surface area (Å²) in [6.45, 7) is 1.81. The smallest absolute Gasteiger partial charge is 0.326 e. The fraction of sp³-hybridized carbons (Fsp3) is 0.350. The van der Waals surface area contributed by atoms with Crippen molar-refractivity contribution in [1.29, 1.82) is 0 Å². The molecule has 0 aliphatic carbocycles. The van der Waals surface area contributed by atoms with Crippen molar-refractivity contribution < 1.29 is 35.5 Å². The third-order valence-electron chi connectivity index (χ3n) is 4.87. The maximum absolute atomic E-state index is 15.0. The van der Waals surface area contributed by atoms with E-state index >= 15 is 0 Å². The van der Waals surface area contributed by atoms with Crippen LogP contribution in [-0.2, 0) is 18.6 Å². The van der Waals surface area contributed by atoms with Gasteiger partial charge in [0.1, 0.15) is 0 Å². The SMILES string of the molecule is CCc1c(Br)c(C(F)(C(F)(F)F)C(F)(F)F)c(CN)c(C)c1NC(=O)c1ccccc1. The summed E-state index contributed by atoms with van der Waals surface area (Å²) in [7, 11) is 0. The van der Waals surface area contributed by atoms with Crippen molar-refractivity contribution >= 4 is 27.5 Å². The second-order valence-electron chi connectivity index (χ2n) is 6.68. The van der Waals surface area contributed by atoms with Gasteiger partial charge >= 0.3 is 18.0 Å². The molecule has 0 aliphatic rings. The predicted molar refractivity (Wildman–Crippen MR) is 105 cm³/mol. The number of amides is 1. The molecule has 2 rings (SSSR count). The molecule has 31 heavy (non-hydrogen) atoms. The first-order valence-electron chi connectivity index (χ1n) is 8.95. The van der Waals surface area contributed by atoms with Crippen LogP contribution in [0.15, 0.2) is 34.8 Å². The van der Waals surface area contributed by atoms with Gasteiger partial charge < -0.3 is 11.1 Å². The van der Waals surface area contributed by atoms with Crippen molar-refractivity contribution in [1.82, 2.24) is 0 Å². The summed E-state index contributed by atoms with van der Waals surface area (Å²) < 4.78 is 95.0. The van der Waals surface area contributed by atoms with Crippen molar-refractivity contribution in [2.75, 3.05) is 5.32 Å². The molecule has 0 saturated heterocycles. The van der Waals surface area contributed by atoms with E-state index in [1.165, 1.54) is 26.0 Å². The Kier molecular flexibility index (Phi) is 7.11. The van der Waals surface area contributed by atoms with E-state index in [-0.39, 0.29) is 28.8 Å². The Labute approximate surface area is 181 Å². The molecular formula is C20H18BrF7N2O. The summed E-state index contributed by atoms with van der Waals surface area (Å²) in [4.78, 5) is 12.6. The number of hydrogen-bond acceptors (Lipinski definition) is 2. The molecule has 0 saturated carbocycles. The largest absolute Gasteiger partial charge is 0.436 e. The highest BCUT2D eigenvalue weighted by Crippen LogP contribution is 2.57. The lowest BCUT2D eigenvalue weighted by molar-refractivity contribution is -0.349. The maximum Gasteiger partial charge on any atom is 0.436 e. The number of carbonyl (C=O) groups excluding carboxylic acids is 1. The number of rotatable bonds is 5. The number of nitrogens with two attached hydrogens (primary N) is 1. The van der Waals surface area contributed by atoms with E-state index in [2.05, 4.69) is 21.2 Å². The minimum absolute atomic E-state index is 0.0286. The number of benzene rings is 2. The van der Waals surface area contributed by atoms with Crippen LogP contribution < -0.4 is 11.1 Å². The number of hydrogen-bond donors (Lipinski definition) is 2. The zero-order valence-electron chi connectivity index (χ0n) is 16.3. The van der Waals surface area contributed by atoms with E-state index in [9.17, 15) is 35.5 Å². The Morgan fingerprint density at radius 2 is 1.52 bits per heavy atom. The molecule has 170 valence electrons. The molecule has 0 spiro atoms. The molecule has 0 radical (unpaired) electrons. The lowest BCUT2D eigenvalue weighted by Crippen LogP contribution is -2.51. The van der Waals surface area contributed by atoms with Crippen LogP contribution in [0.5, 0.6) is 0 Å². The van der Waals surface area contributed by atoms with Gasteiger partial charge in [0.15, 0.2) is 0 Å². The van der Waals surface area contributed by atoms with E-state index in [4.69, 9.17) is 5.73 Å². The molecule has 3 nitrogen and oxygen atoms in total. The van der Waals surface area contributed by atoms with Crippen LogP contribution in [0.2, 0.25) is 0 Å². The number of anilines is 1. The average Bonchev–Trinajstić information content (AvgIpc) is 2.68.